The van der Waals surface area contributed by atoms with Gasteiger partial charge in [0.2, 0.25) is 0 Å². The van der Waals surface area contributed by atoms with Gasteiger partial charge in [-0.25, -0.2) is 0 Å². The number of furan rings is 1. The van der Waals surface area contributed by atoms with Crippen molar-refractivity contribution in [3.05, 3.63) is 23.2 Å². The van der Waals surface area contributed by atoms with Crippen LogP contribution in [0, 0.1) is 19.3 Å². The zero-order chi connectivity index (χ0) is 12.8. The summed E-state index contributed by atoms with van der Waals surface area (Å²) in [5.74, 6) is 1.25. The Labute approximate surface area is 101 Å². The third-order valence-corrected chi connectivity index (χ3v) is 3.81. The predicted octanol–water partition coefficient (Wildman–Crippen LogP) is 1.79. The fourth-order valence-corrected chi connectivity index (χ4v) is 2.24. The fourth-order valence-electron chi connectivity index (χ4n) is 2.24. The van der Waals surface area contributed by atoms with E-state index in [2.05, 4.69) is 5.32 Å². The number of nitrogens with one attached hydrogen (secondary N) is 1. The zero-order valence-corrected chi connectivity index (χ0v) is 10.7. The van der Waals surface area contributed by atoms with Gasteiger partial charge in [-0.2, -0.15) is 0 Å². The van der Waals surface area contributed by atoms with Gasteiger partial charge < -0.3 is 14.8 Å². The Kier molecular flexibility index (Phi) is 2.78. The van der Waals surface area contributed by atoms with Crippen LogP contribution in [-0.2, 0) is 0 Å². The first kappa shape index (κ1) is 12.2. The van der Waals surface area contributed by atoms with Crippen LogP contribution in [0.1, 0.15) is 42.1 Å². The Balaban J connectivity index is 2.06. The van der Waals surface area contributed by atoms with E-state index in [1.807, 2.05) is 20.8 Å². The Bertz CT molecular complexity index is 448. The smallest absolute Gasteiger partial charge is 0.255 e. The molecular formula is C13H19NO3. The molecule has 1 aromatic rings. The zero-order valence-electron chi connectivity index (χ0n) is 10.7. The van der Waals surface area contributed by atoms with Crippen molar-refractivity contribution in [3.8, 4) is 0 Å². The molecule has 17 heavy (non-hydrogen) atoms. The normalized spacial score (nSPS) is 26.4. The van der Waals surface area contributed by atoms with Crippen LogP contribution < -0.4 is 5.32 Å². The maximum atomic E-state index is 12.0. The number of carbonyl (C=O) groups excluding carboxylic acids is 1. The van der Waals surface area contributed by atoms with Crippen LogP contribution in [-0.4, -0.2) is 23.2 Å². The van der Waals surface area contributed by atoms with E-state index in [4.69, 9.17) is 4.42 Å². The van der Waals surface area contributed by atoms with E-state index in [0.29, 0.717) is 17.7 Å². The third-order valence-electron chi connectivity index (χ3n) is 3.81. The minimum atomic E-state index is -0.333. The van der Waals surface area contributed by atoms with E-state index in [0.717, 1.165) is 5.76 Å². The van der Waals surface area contributed by atoms with Gasteiger partial charge in [-0.15, -0.1) is 0 Å². The second kappa shape index (κ2) is 3.88. The SMILES string of the molecule is Cc1cc(C(=O)NC2CC(O)C2(C)C)c(C)o1. The summed E-state index contributed by atoms with van der Waals surface area (Å²) >= 11 is 0. The average molecular weight is 237 g/mol. The molecule has 2 unspecified atom stereocenters. The number of aliphatic hydroxyl groups excluding tert-OH is 1. The number of carbonyl (C=O) groups is 1. The van der Waals surface area contributed by atoms with Crippen LogP contribution in [0.15, 0.2) is 10.5 Å². The van der Waals surface area contributed by atoms with Gasteiger partial charge in [-0.3, -0.25) is 4.79 Å². The largest absolute Gasteiger partial charge is 0.466 e. The number of hydrogen-bond donors (Lipinski definition) is 2. The molecule has 0 spiro atoms. The lowest BCUT2D eigenvalue weighted by Crippen LogP contribution is -2.61. The van der Waals surface area contributed by atoms with Gasteiger partial charge in [0.15, 0.2) is 0 Å². The second-order valence-electron chi connectivity index (χ2n) is 5.43. The van der Waals surface area contributed by atoms with Gasteiger partial charge in [0.1, 0.15) is 11.5 Å². The van der Waals surface area contributed by atoms with Gasteiger partial charge in [-0.1, -0.05) is 13.8 Å². The van der Waals surface area contributed by atoms with E-state index < -0.39 is 0 Å². The molecule has 0 bridgehead atoms. The number of aliphatic hydroxyl groups is 1. The number of aryl methyl sites for hydroxylation is 2. The average Bonchev–Trinajstić information content (AvgIpc) is 2.57. The highest BCUT2D eigenvalue weighted by atomic mass is 16.3. The van der Waals surface area contributed by atoms with Crippen LogP contribution in [0.2, 0.25) is 0 Å². The molecule has 1 aromatic heterocycles. The molecule has 1 heterocycles. The molecule has 4 heteroatoms. The van der Waals surface area contributed by atoms with Gasteiger partial charge >= 0.3 is 0 Å². The maximum Gasteiger partial charge on any atom is 0.255 e. The summed E-state index contributed by atoms with van der Waals surface area (Å²) in [7, 11) is 0. The first-order valence-corrected chi connectivity index (χ1v) is 5.88. The van der Waals surface area contributed by atoms with Gasteiger partial charge in [-0.05, 0) is 26.3 Å². The molecular weight excluding hydrogens is 218 g/mol. The van der Waals surface area contributed by atoms with Gasteiger partial charge in [0, 0.05) is 11.5 Å². The van der Waals surface area contributed by atoms with E-state index >= 15 is 0 Å². The summed E-state index contributed by atoms with van der Waals surface area (Å²) in [4.78, 5) is 12.0. The molecule has 1 aliphatic rings. The van der Waals surface area contributed by atoms with Crippen LogP contribution >= 0.6 is 0 Å². The molecule has 2 atom stereocenters. The second-order valence-corrected chi connectivity index (χ2v) is 5.43. The summed E-state index contributed by atoms with van der Waals surface area (Å²) in [5, 5.41) is 12.6. The highest BCUT2D eigenvalue weighted by Crippen LogP contribution is 2.40. The van der Waals surface area contributed by atoms with Crippen LogP contribution in [0.5, 0.6) is 0 Å². The third kappa shape index (κ3) is 1.97. The first-order valence-electron chi connectivity index (χ1n) is 5.88. The highest BCUT2D eigenvalue weighted by molar-refractivity contribution is 5.95. The first-order chi connectivity index (χ1) is 7.82. The van der Waals surface area contributed by atoms with Crippen LogP contribution in [0.4, 0.5) is 0 Å². The Hall–Kier alpha value is -1.29. The van der Waals surface area contributed by atoms with Gasteiger partial charge in [0.25, 0.3) is 5.91 Å². The minimum absolute atomic E-state index is 0.0274. The summed E-state index contributed by atoms with van der Waals surface area (Å²) < 4.78 is 5.33. The van der Waals surface area contributed by atoms with Crippen molar-refractivity contribution in [2.24, 2.45) is 5.41 Å². The Morgan fingerprint density at radius 3 is 2.59 bits per heavy atom. The molecule has 1 aliphatic carbocycles. The van der Waals surface area contributed by atoms with E-state index in [-0.39, 0.29) is 23.5 Å². The minimum Gasteiger partial charge on any atom is -0.466 e. The van der Waals surface area contributed by atoms with Crippen molar-refractivity contribution >= 4 is 5.91 Å². The molecule has 1 amide bonds. The van der Waals surface area contributed by atoms with E-state index in [1.54, 1.807) is 13.0 Å². The standard InChI is InChI=1S/C13H19NO3/c1-7-5-9(8(2)17-7)12(16)14-10-6-11(15)13(10,3)4/h5,10-11,15H,6H2,1-4H3,(H,14,16). The molecule has 94 valence electrons. The monoisotopic (exact) mass is 237 g/mol. The van der Waals surface area contributed by atoms with Crippen molar-refractivity contribution in [1.29, 1.82) is 0 Å². The van der Waals surface area contributed by atoms with Crippen molar-refractivity contribution in [3.63, 3.8) is 0 Å². The van der Waals surface area contributed by atoms with Crippen LogP contribution in [0.25, 0.3) is 0 Å². The summed E-state index contributed by atoms with van der Waals surface area (Å²) in [5.41, 5.74) is 0.335. The fraction of sp³-hybridized carbons (Fsp3) is 0.615. The molecule has 0 radical (unpaired) electrons. The molecule has 1 fully saturated rings. The lowest BCUT2D eigenvalue weighted by Gasteiger charge is -2.49. The topological polar surface area (TPSA) is 62.5 Å². The summed E-state index contributed by atoms with van der Waals surface area (Å²) in [6.07, 6.45) is 0.286. The van der Waals surface area contributed by atoms with Gasteiger partial charge in [0.05, 0.1) is 11.7 Å². The Morgan fingerprint density at radius 2 is 2.18 bits per heavy atom. The molecule has 2 N–H and O–H groups in total. The maximum absolute atomic E-state index is 12.0. The lowest BCUT2D eigenvalue weighted by atomic mass is 9.64. The van der Waals surface area contributed by atoms with E-state index in [9.17, 15) is 9.90 Å². The summed E-state index contributed by atoms with van der Waals surface area (Å²) in [6.45, 7) is 7.52. The van der Waals surface area contributed by atoms with Crippen molar-refractivity contribution in [2.45, 2.75) is 46.3 Å². The van der Waals surface area contributed by atoms with E-state index in [1.165, 1.54) is 0 Å². The molecule has 0 aromatic carbocycles. The van der Waals surface area contributed by atoms with Crippen molar-refractivity contribution in [2.75, 3.05) is 0 Å². The van der Waals surface area contributed by atoms with Crippen molar-refractivity contribution < 1.29 is 14.3 Å². The summed E-state index contributed by atoms with van der Waals surface area (Å²) in [6, 6.07) is 1.77. The molecule has 1 saturated carbocycles. The number of hydrogen-bond acceptors (Lipinski definition) is 3. The number of rotatable bonds is 2. The quantitative estimate of drug-likeness (QED) is 0.824. The number of amides is 1. The molecule has 2 rings (SSSR count). The van der Waals surface area contributed by atoms with Crippen LogP contribution in [0.3, 0.4) is 0 Å². The Morgan fingerprint density at radius 1 is 1.53 bits per heavy atom. The highest BCUT2D eigenvalue weighted by Gasteiger charge is 2.48. The molecule has 4 nitrogen and oxygen atoms in total. The lowest BCUT2D eigenvalue weighted by molar-refractivity contribution is -0.0689. The predicted molar refractivity (Wildman–Crippen MR) is 63.8 cm³/mol. The van der Waals surface area contributed by atoms with Crippen molar-refractivity contribution in [1.82, 2.24) is 5.32 Å². The molecule has 0 aliphatic heterocycles. The molecule has 0 saturated heterocycles.